The van der Waals surface area contributed by atoms with Crippen LogP contribution in [0, 0.1) is 6.92 Å². The van der Waals surface area contributed by atoms with Gasteiger partial charge in [0.25, 0.3) is 5.91 Å². The molecule has 2 aromatic heterocycles. The highest BCUT2D eigenvalue weighted by Crippen LogP contribution is 2.32. The van der Waals surface area contributed by atoms with Gasteiger partial charge in [0.1, 0.15) is 5.75 Å². The molecular formula is C18H21N5O2. The maximum atomic E-state index is 11.9. The van der Waals surface area contributed by atoms with E-state index >= 15 is 0 Å². The maximum absolute atomic E-state index is 11.9. The lowest BCUT2D eigenvalue weighted by molar-refractivity contribution is 0.100. The molecule has 0 spiro atoms. The molecule has 0 saturated heterocycles. The molecule has 7 heteroatoms. The number of fused-ring (bicyclic) bond motifs is 1. The zero-order valence-corrected chi connectivity index (χ0v) is 14.5. The lowest BCUT2D eigenvalue weighted by atomic mass is 10.1. The van der Waals surface area contributed by atoms with E-state index in [0.717, 1.165) is 35.4 Å². The van der Waals surface area contributed by atoms with Crippen molar-refractivity contribution in [3.63, 3.8) is 0 Å². The van der Waals surface area contributed by atoms with E-state index in [1.165, 1.54) is 6.20 Å². The molecule has 0 saturated carbocycles. The van der Waals surface area contributed by atoms with Crippen molar-refractivity contribution in [3.8, 4) is 5.75 Å². The summed E-state index contributed by atoms with van der Waals surface area (Å²) < 4.78 is 7.11. The van der Waals surface area contributed by atoms with Gasteiger partial charge in [-0.05, 0) is 25.5 Å². The van der Waals surface area contributed by atoms with Gasteiger partial charge in [-0.3, -0.25) is 4.79 Å². The summed E-state index contributed by atoms with van der Waals surface area (Å²) in [5.74, 6) is 0.178. The number of primary amides is 1. The second-order valence-electron chi connectivity index (χ2n) is 5.78. The summed E-state index contributed by atoms with van der Waals surface area (Å²) in [7, 11) is 1.61. The zero-order valence-electron chi connectivity index (χ0n) is 14.5. The topological polar surface area (TPSA) is 95.1 Å². The van der Waals surface area contributed by atoms with Crippen molar-refractivity contribution >= 4 is 28.3 Å². The third-order valence-corrected chi connectivity index (χ3v) is 3.98. The van der Waals surface area contributed by atoms with Gasteiger partial charge in [0, 0.05) is 24.5 Å². The first-order valence-electron chi connectivity index (χ1n) is 8.12. The smallest absolute Gasteiger partial charge is 0.252 e. The third kappa shape index (κ3) is 3.13. The molecule has 1 amide bonds. The van der Waals surface area contributed by atoms with Crippen molar-refractivity contribution in [2.75, 3.05) is 12.4 Å². The number of hydrogen-bond acceptors (Lipinski definition) is 5. The van der Waals surface area contributed by atoms with Crippen molar-refractivity contribution in [1.82, 2.24) is 14.8 Å². The Bertz CT molecular complexity index is 933. The predicted molar refractivity (Wildman–Crippen MR) is 97.4 cm³/mol. The Balaban J connectivity index is 2.19. The number of carbonyl (C=O) groups is 1. The minimum atomic E-state index is -0.539. The van der Waals surface area contributed by atoms with Gasteiger partial charge in [0.15, 0.2) is 5.65 Å². The number of aromatic nitrogens is 3. The van der Waals surface area contributed by atoms with Crippen LogP contribution in [0.2, 0.25) is 0 Å². The number of pyridine rings is 1. The number of nitrogens with one attached hydrogen (secondary N) is 1. The number of amides is 1. The van der Waals surface area contributed by atoms with Gasteiger partial charge < -0.3 is 15.8 Å². The number of nitrogens with two attached hydrogens (primary N) is 1. The van der Waals surface area contributed by atoms with Crippen molar-refractivity contribution in [2.45, 2.75) is 26.8 Å². The minimum absolute atomic E-state index is 0.328. The minimum Gasteiger partial charge on any atom is -0.497 e. The predicted octanol–water partition coefficient (Wildman–Crippen LogP) is 3.00. The van der Waals surface area contributed by atoms with Gasteiger partial charge in [0.05, 0.1) is 29.4 Å². The van der Waals surface area contributed by atoms with Gasteiger partial charge in [-0.2, -0.15) is 5.10 Å². The molecule has 0 fully saturated rings. The highest BCUT2D eigenvalue weighted by Gasteiger charge is 2.19. The summed E-state index contributed by atoms with van der Waals surface area (Å²) in [6.45, 7) is 4.74. The van der Waals surface area contributed by atoms with E-state index in [4.69, 9.17) is 10.5 Å². The third-order valence-electron chi connectivity index (χ3n) is 3.98. The molecule has 0 aliphatic heterocycles. The fourth-order valence-electron chi connectivity index (χ4n) is 2.85. The van der Waals surface area contributed by atoms with E-state index in [0.29, 0.717) is 17.0 Å². The molecule has 0 radical (unpaired) electrons. The van der Waals surface area contributed by atoms with Crippen LogP contribution < -0.4 is 15.8 Å². The number of hydrogen-bond donors (Lipinski definition) is 2. The first-order chi connectivity index (χ1) is 12.0. The van der Waals surface area contributed by atoms with Crippen molar-refractivity contribution in [2.24, 2.45) is 5.73 Å². The average Bonchev–Trinajstić information content (AvgIpc) is 2.92. The Hall–Kier alpha value is -3.09. The maximum Gasteiger partial charge on any atom is 0.252 e. The normalized spacial score (nSPS) is 10.8. The van der Waals surface area contributed by atoms with E-state index in [1.54, 1.807) is 7.11 Å². The van der Waals surface area contributed by atoms with E-state index in [-0.39, 0.29) is 0 Å². The van der Waals surface area contributed by atoms with E-state index in [2.05, 4.69) is 22.3 Å². The van der Waals surface area contributed by atoms with Crippen LogP contribution in [-0.2, 0) is 6.54 Å². The highest BCUT2D eigenvalue weighted by atomic mass is 16.5. The lowest BCUT2D eigenvalue weighted by Gasteiger charge is -2.13. The molecule has 0 aliphatic rings. The molecule has 130 valence electrons. The number of aryl methyl sites for hydroxylation is 2. The van der Waals surface area contributed by atoms with Gasteiger partial charge in [0.2, 0.25) is 0 Å². The second kappa shape index (κ2) is 6.80. The van der Waals surface area contributed by atoms with Crippen LogP contribution >= 0.6 is 0 Å². The standard InChI is InChI=1S/C18H21N5O2/c1-4-8-23-18-15(11(2)22-23)16(14(10-20-18)17(19)24)21-12-6-5-7-13(9-12)25-3/h5-7,9-10H,4,8H2,1-3H3,(H2,19,24)(H,20,21). The first-order valence-corrected chi connectivity index (χ1v) is 8.12. The zero-order chi connectivity index (χ0) is 18.0. The highest BCUT2D eigenvalue weighted by molar-refractivity contribution is 6.07. The monoisotopic (exact) mass is 339 g/mol. The number of nitrogens with zero attached hydrogens (tertiary/aromatic N) is 3. The number of rotatable bonds is 6. The number of benzene rings is 1. The largest absolute Gasteiger partial charge is 0.497 e. The number of carbonyl (C=O) groups excluding carboxylic acids is 1. The molecule has 0 bridgehead atoms. The summed E-state index contributed by atoms with van der Waals surface area (Å²) in [4.78, 5) is 16.3. The fraction of sp³-hybridized carbons (Fsp3) is 0.278. The molecule has 25 heavy (non-hydrogen) atoms. The summed E-state index contributed by atoms with van der Waals surface area (Å²) in [5, 5.41) is 8.65. The van der Waals surface area contributed by atoms with Gasteiger partial charge >= 0.3 is 0 Å². The first kappa shape index (κ1) is 16.8. The molecule has 1 aromatic carbocycles. The van der Waals surface area contributed by atoms with Crippen LogP contribution in [0.3, 0.4) is 0 Å². The van der Waals surface area contributed by atoms with E-state index < -0.39 is 5.91 Å². The molecule has 0 unspecified atom stereocenters. The van der Waals surface area contributed by atoms with Crippen molar-refractivity contribution in [1.29, 1.82) is 0 Å². The molecule has 7 nitrogen and oxygen atoms in total. The Morgan fingerprint density at radius 3 is 2.88 bits per heavy atom. The van der Waals surface area contributed by atoms with Crippen molar-refractivity contribution in [3.05, 3.63) is 41.7 Å². The average molecular weight is 339 g/mol. The van der Waals surface area contributed by atoms with Crippen LogP contribution in [0.1, 0.15) is 29.4 Å². The molecule has 0 atom stereocenters. The molecular weight excluding hydrogens is 318 g/mol. The Morgan fingerprint density at radius 1 is 1.40 bits per heavy atom. The van der Waals surface area contributed by atoms with Crippen molar-refractivity contribution < 1.29 is 9.53 Å². The Kier molecular flexibility index (Phi) is 4.56. The molecule has 0 aliphatic carbocycles. The van der Waals surface area contributed by atoms with Crippen LogP contribution in [0.5, 0.6) is 5.75 Å². The van der Waals surface area contributed by atoms with Crippen LogP contribution in [0.4, 0.5) is 11.4 Å². The number of anilines is 2. The summed E-state index contributed by atoms with van der Waals surface area (Å²) >= 11 is 0. The summed E-state index contributed by atoms with van der Waals surface area (Å²) in [6, 6.07) is 7.47. The second-order valence-corrected chi connectivity index (χ2v) is 5.78. The number of ether oxygens (including phenoxy) is 1. The SMILES string of the molecule is CCCn1nc(C)c2c(Nc3cccc(OC)c3)c(C(N)=O)cnc21. The van der Waals surface area contributed by atoms with Crippen LogP contribution in [0.15, 0.2) is 30.5 Å². The summed E-state index contributed by atoms with van der Waals surface area (Å²) in [6.07, 6.45) is 2.44. The van der Waals surface area contributed by atoms with Gasteiger partial charge in [-0.15, -0.1) is 0 Å². The molecule has 3 aromatic rings. The van der Waals surface area contributed by atoms with Crippen LogP contribution in [-0.4, -0.2) is 27.8 Å². The molecule has 2 heterocycles. The van der Waals surface area contributed by atoms with Gasteiger partial charge in [-0.1, -0.05) is 13.0 Å². The quantitative estimate of drug-likeness (QED) is 0.720. The lowest BCUT2D eigenvalue weighted by Crippen LogP contribution is -2.14. The van der Waals surface area contributed by atoms with E-state index in [1.807, 2.05) is 35.9 Å². The van der Waals surface area contributed by atoms with E-state index in [9.17, 15) is 4.79 Å². The molecule has 3 rings (SSSR count). The molecule has 3 N–H and O–H groups in total. The fourth-order valence-corrected chi connectivity index (χ4v) is 2.85. The Labute approximate surface area is 145 Å². The summed E-state index contributed by atoms with van der Waals surface area (Å²) in [5.41, 5.74) is 8.82. The van der Waals surface area contributed by atoms with Gasteiger partial charge in [-0.25, -0.2) is 9.67 Å². The Morgan fingerprint density at radius 2 is 2.20 bits per heavy atom. The van der Waals surface area contributed by atoms with Crippen LogP contribution in [0.25, 0.3) is 11.0 Å². The number of methoxy groups -OCH3 is 1.